The summed E-state index contributed by atoms with van der Waals surface area (Å²) in [5.74, 6) is -0.0629. The molecule has 0 fully saturated rings. The molecule has 0 radical (unpaired) electrons. The maximum Gasteiger partial charge on any atom is 0.291 e. The van der Waals surface area contributed by atoms with Gasteiger partial charge >= 0.3 is 0 Å². The highest BCUT2D eigenvalue weighted by molar-refractivity contribution is 6.08. The van der Waals surface area contributed by atoms with Gasteiger partial charge in [-0.3, -0.25) is 9.59 Å². The molecular formula is C24H26N4O2. The lowest BCUT2D eigenvalue weighted by atomic mass is 10.1. The fourth-order valence-corrected chi connectivity index (χ4v) is 4.06. The Labute approximate surface area is 175 Å². The van der Waals surface area contributed by atoms with E-state index >= 15 is 0 Å². The summed E-state index contributed by atoms with van der Waals surface area (Å²) in [7, 11) is 1.63. The summed E-state index contributed by atoms with van der Waals surface area (Å²) < 4.78 is 3.21. The number of aromatic nitrogens is 3. The average molecular weight is 402 g/mol. The molecule has 1 amide bonds. The minimum Gasteiger partial charge on any atom is -0.354 e. The summed E-state index contributed by atoms with van der Waals surface area (Å²) in [6.45, 7) is 2.57. The minimum absolute atomic E-state index is 0.0629. The summed E-state index contributed by atoms with van der Waals surface area (Å²) in [5, 5.41) is 8.97. The standard InChI is InChI=1S/C24H26N4O2/c1-3-20(23(29)25-15-9-12-17-10-5-4-6-11-17)28-21-14-8-7-13-18(21)19-16-26-27(2)24(30)22(19)28/h4-8,10-11,13-14,16,20H,3,9,12,15H2,1-2H3,(H,25,29). The molecule has 6 nitrogen and oxygen atoms in total. The highest BCUT2D eigenvalue weighted by Gasteiger charge is 2.25. The highest BCUT2D eigenvalue weighted by atomic mass is 16.2. The van der Waals surface area contributed by atoms with E-state index in [0.717, 1.165) is 29.1 Å². The van der Waals surface area contributed by atoms with Gasteiger partial charge in [0.1, 0.15) is 11.6 Å². The van der Waals surface area contributed by atoms with Crippen molar-refractivity contribution in [2.75, 3.05) is 6.54 Å². The number of para-hydroxylation sites is 1. The molecule has 1 atom stereocenters. The van der Waals surface area contributed by atoms with Gasteiger partial charge in [-0.1, -0.05) is 55.5 Å². The van der Waals surface area contributed by atoms with Crippen LogP contribution in [0.25, 0.3) is 21.8 Å². The average Bonchev–Trinajstić information content (AvgIpc) is 3.10. The lowest BCUT2D eigenvalue weighted by molar-refractivity contribution is -0.124. The Balaban J connectivity index is 1.62. The maximum atomic E-state index is 13.1. The van der Waals surface area contributed by atoms with Gasteiger partial charge in [-0.05, 0) is 30.9 Å². The second-order valence-electron chi connectivity index (χ2n) is 7.53. The largest absolute Gasteiger partial charge is 0.354 e. The first-order chi connectivity index (χ1) is 14.6. The van der Waals surface area contributed by atoms with E-state index < -0.39 is 6.04 Å². The van der Waals surface area contributed by atoms with Crippen LogP contribution in [0, 0.1) is 0 Å². The number of fused-ring (bicyclic) bond motifs is 3. The molecule has 2 heterocycles. The molecule has 2 aromatic heterocycles. The Morgan fingerprint density at radius 2 is 1.80 bits per heavy atom. The Morgan fingerprint density at radius 3 is 2.57 bits per heavy atom. The van der Waals surface area contributed by atoms with Gasteiger partial charge in [0.2, 0.25) is 5.91 Å². The topological polar surface area (TPSA) is 68.9 Å². The molecule has 2 aromatic carbocycles. The molecule has 154 valence electrons. The van der Waals surface area contributed by atoms with E-state index in [2.05, 4.69) is 22.5 Å². The van der Waals surface area contributed by atoms with Gasteiger partial charge in [0.25, 0.3) is 5.56 Å². The monoisotopic (exact) mass is 402 g/mol. The summed E-state index contributed by atoms with van der Waals surface area (Å²) >= 11 is 0. The van der Waals surface area contributed by atoms with Gasteiger partial charge in [0, 0.05) is 24.4 Å². The van der Waals surface area contributed by atoms with Crippen LogP contribution in [0.4, 0.5) is 0 Å². The summed E-state index contributed by atoms with van der Waals surface area (Å²) in [6, 6.07) is 17.6. The number of benzene rings is 2. The van der Waals surface area contributed by atoms with E-state index in [1.165, 1.54) is 10.2 Å². The van der Waals surface area contributed by atoms with Gasteiger partial charge in [-0.15, -0.1) is 0 Å². The van der Waals surface area contributed by atoms with Crippen LogP contribution in [-0.4, -0.2) is 26.8 Å². The number of hydrogen-bond acceptors (Lipinski definition) is 3. The van der Waals surface area contributed by atoms with Crippen molar-refractivity contribution in [3.05, 3.63) is 76.7 Å². The molecule has 4 rings (SSSR count). The number of nitrogens with one attached hydrogen (secondary N) is 1. The molecule has 30 heavy (non-hydrogen) atoms. The van der Waals surface area contributed by atoms with Crippen molar-refractivity contribution in [1.82, 2.24) is 19.7 Å². The van der Waals surface area contributed by atoms with E-state index in [1.807, 2.05) is 54.0 Å². The maximum absolute atomic E-state index is 13.1. The molecule has 4 aromatic rings. The van der Waals surface area contributed by atoms with Crippen LogP contribution in [0.3, 0.4) is 0 Å². The first kappa shape index (κ1) is 19.9. The lowest BCUT2D eigenvalue weighted by Gasteiger charge is -2.19. The molecule has 0 aliphatic carbocycles. The van der Waals surface area contributed by atoms with Crippen molar-refractivity contribution in [2.45, 2.75) is 32.2 Å². The van der Waals surface area contributed by atoms with E-state index in [9.17, 15) is 9.59 Å². The van der Waals surface area contributed by atoms with Crippen LogP contribution >= 0.6 is 0 Å². The predicted molar refractivity (Wildman–Crippen MR) is 120 cm³/mol. The highest BCUT2D eigenvalue weighted by Crippen LogP contribution is 2.30. The number of carbonyl (C=O) groups is 1. The van der Waals surface area contributed by atoms with Crippen molar-refractivity contribution in [3.63, 3.8) is 0 Å². The van der Waals surface area contributed by atoms with E-state index in [-0.39, 0.29) is 11.5 Å². The molecule has 0 bridgehead atoms. The second kappa shape index (κ2) is 8.53. The van der Waals surface area contributed by atoms with E-state index in [0.29, 0.717) is 18.5 Å². The zero-order valence-electron chi connectivity index (χ0n) is 17.3. The molecule has 1 unspecified atom stereocenters. The summed E-state index contributed by atoms with van der Waals surface area (Å²) in [5.41, 5.74) is 2.47. The molecule has 0 spiro atoms. The third-order valence-electron chi connectivity index (χ3n) is 5.59. The fourth-order valence-electron chi connectivity index (χ4n) is 4.06. The van der Waals surface area contributed by atoms with Gasteiger partial charge in [-0.25, -0.2) is 4.68 Å². The number of hydrogen-bond donors (Lipinski definition) is 1. The zero-order valence-corrected chi connectivity index (χ0v) is 17.3. The number of aryl methyl sites for hydroxylation is 2. The van der Waals surface area contributed by atoms with Gasteiger partial charge < -0.3 is 9.88 Å². The zero-order chi connectivity index (χ0) is 21.1. The number of amides is 1. The van der Waals surface area contributed by atoms with Crippen molar-refractivity contribution in [2.24, 2.45) is 7.05 Å². The van der Waals surface area contributed by atoms with Crippen LogP contribution in [0.2, 0.25) is 0 Å². The Kier molecular flexibility index (Phi) is 5.65. The van der Waals surface area contributed by atoms with Crippen molar-refractivity contribution in [3.8, 4) is 0 Å². The van der Waals surface area contributed by atoms with Crippen LogP contribution in [-0.2, 0) is 18.3 Å². The predicted octanol–water partition coefficient (Wildman–Crippen LogP) is 3.59. The molecular weight excluding hydrogens is 376 g/mol. The van der Waals surface area contributed by atoms with Crippen LogP contribution < -0.4 is 10.9 Å². The van der Waals surface area contributed by atoms with Crippen LogP contribution in [0.15, 0.2) is 65.6 Å². The first-order valence-corrected chi connectivity index (χ1v) is 10.4. The molecule has 0 aliphatic heterocycles. The van der Waals surface area contributed by atoms with Gasteiger partial charge in [-0.2, -0.15) is 5.10 Å². The molecule has 1 N–H and O–H groups in total. The van der Waals surface area contributed by atoms with Crippen molar-refractivity contribution < 1.29 is 4.79 Å². The Morgan fingerprint density at radius 1 is 1.07 bits per heavy atom. The van der Waals surface area contributed by atoms with Gasteiger partial charge in [0.05, 0.1) is 11.7 Å². The van der Waals surface area contributed by atoms with E-state index in [4.69, 9.17) is 0 Å². The van der Waals surface area contributed by atoms with Crippen molar-refractivity contribution >= 4 is 27.7 Å². The first-order valence-electron chi connectivity index (χ1n) is 10.4. The number of nitrogens with zero attached hydrogens (tertiary/aromatic N) is 3. The molecule has 6 heteroatoms. The molecule has 0 aliphatic rings. The smallest absolute Gasteiger partial charge is 0.291 e. The SMILES string of the molecule is CCC(C(=O)NCCCc1ccccc1)n1c2ccccc2c2cnn(C)c(=O)c21. The third-order valence-corrected chi connectivity index (χ3v) is 5.59. The second-order valence-corrected chi connectivity index (χ2v) is 7.53. The minimum atomic E-state index is -0.459. The Bertz CT molecular complexity index is 1240. The van der Waals surface area contributed by atoms with Crippen LogP contribution in [0.1, 0.15) is 31.4 Å². The Hall–Kier alpha value is -3.41. The lowest BCUT2D eigenvalue weighted by Crippen LogP contribution is -2.34. The van der Waals surface area contributed by atoms with Crippen molar-refractivity contribution in [1.29, 1.82) is 0 Å². The third kappa shape index (κ3) is 3.61. The molecule has 0 saturated heterocycles. The quantitative estimate of drug-likeness (QED) is 0.480. The summed E-state index contributed by atoms with van der Waals surface area (Å²) in [6.07, 6.45) is 4.08. The molecule has 0 saturated carbocycles. The normalized spacial score (nSPS) is 12.3. The number of rotatable bonds is 7. The van der Waals surface area contributed by atoms with Gasteiger partial charge in [0.15, 0.2) is 0 Å². The van der Waals surface area contributed by atoms with E-state index in [1.54, 1.807) is 13.2 Å². The summed E-state index contributed by atoms with van der Waals surface area (Å²) in [4.78, 5) is 26.0. The van der Waals surface area contributed by atoms with Crippen LogP contribution in [0.5, 0.6) is 0 Å². The fraction of sp³-hybridized carbons (Fsp3) is 0.292. The number of carbonyl (C=O) groups excluding carboxylic acids is 1.